The van der Waals surface area contributed by atoms with Gasteiger partial charge in [0.25, 0.3) is 5.91 Å². The zero-order chi connectivity index (χ0) is 21.1. The lowest BCUT2D eigenvalue weighted by Crippen LogP contribution is -2.16. The maximum atomic E-state index is 13.3. The molecular formula is C24H19NO4S. The fourth-order valence-corrected chi connectivity index (χ4v) is 4.35. The molecule has 0 saturated heterocycles. The monoisotopic (exact) mass is 417 g/mol. The third-order valence-electron chi connectivity index (χ3n) is 4.76. The fourth-order valence-electron chi connectivity index (χ4n) is 3.25. The van der Waals surface area contributed by atoms with Gasteiger partial charge in [-0.1, -0.05) is 36.4 Å². The Kier molecular flexibility index (Phi) is 5.50. The van der Waals surface area contributed by atoms with Crippen molar-refractivity contribution in [2.45, 2.75) is 0 Å². The van der Waals surface area contributed by atoms with E-state index in [0.717, 1.165) is 4.70 Å². The number of hydrogen-bond donors (Lipinski definition) is 1. The smallest absolute Gasteiger partial charge is 0.260 e. The van der Waals surface area contributed by atoms with E-state index >= 15 is 0 Å². The summed E-state index contributed by atoms with van der Waals surface area (Å²) in [4.78, 5) is 26.4. The largest absolute Gasteiger partial charge is 0.497 e. The maximum absolute atomic E-state index is 13.3. The number of carbonyl (C=O) groups excluding carboxylic acids is 1. The Labute approximate surface area is 177 Å². The Morgan fingerprint density at radius 2 is 1.57 bits per heavy atom. The highest BCUT2D eigenvalue weighted by Gasteiger charge is 2.19. The van der Waals surface area contributed by atoms with Crippen molar-refractivity contribution in [2.75, 3.05) is 19.5 Å². The molecule has 1 aromatic heterocycles. The van der Waals surface area contributed by atoms with Crippen LogP contribution in [0.3, 0.4) is 0 Å². The van der Waals surface area contributed by atoms with E-state index in [4.69, 9.17) is 9.47 Å². The van der Waals surface area contributed by atoms with Gasteiger partial charge in [0.2, 0.25) is 0 Å². The summed E-state index contributed by atoms with van der Waals surface area (Å²) in [7, 11) is 3.11. The topological polar surface area (TPSA) is 64.6 Å². The highest BCUT2D eigenvalue weighted by Crippen LogP contribution is 2.34. The number of amides is 1. The number of anilines is 1. The van der Waals surface area contributed by atoms with Crippen LogP contribution in [0.15, 0.2) is 77.6 Å². The van der Waals surface area contributed by atoms with Gasteiger partial charge in [0.05, 0.1) is 25.3 Å². The summed E-state index contributed by atoms with van der Waals surface area (Å²) < 4.78 is 11.3. The molecule has 0 fully saturated rings. The fraction of sp³-hybridized carbons (Fsp3) is 0.0833. The molecule has 0 radical (unpaired) electrons. The number of rotatable bonds is 5. The molecule has 0 unspecified atom stereocenters. The second-order valence-electron chi connectivity index (χ2n) is 6.51. The minimum Gasteiger partial charge on any atom is -0.497 e. The lowest BCUT2D eigenvalue weighted by atomic mass is 10.1. The summed E-state index contributed by atoms with van der Waals surface area (Å²) in [5.74, 6) is 0.817. The van der Waals surface area contributed by atoms with Crippen molar-refractivity contribution in [1.29, 1.82) is 0 Å². The first-order valence-corrected chi connectivity index (χ1v) is 10.1. The van der Waals surface area contributed by atoms with Gasteiger partial charge in [0, 0.05) is 10.1 Å². The number of hydrogen-bond acceptors (Lipinski definition) is 5. The molecule has 4 aromatic rings. The molecule has 5 nitrogen and oxygen atoms in total. The highest BCUT2D eigenvalue weighted by atomic mass is 32.1. The summed E-state index contributed by atoms with van der Waals surface area (Å²) >= 11 is 1.36. The summed E-state index contributed by atoms with van der Waals surface area (Å²) in [6.07, 6.45) is 0. The van der Waals surface area contributed by atoms with Crippen LogP contribution in [-0.2, 0) is 0 Å². The normalized spacial score (nSPS) is 10.6. The molecule has 30 heavy (non-hydrogen) atoms. The van der Waals surface area contributed by atoms with Gasteiger partial charge in [-0.05, 0) is 42.0 Å². The van der Waals surface area contributed by atoms with Crippen molar-refractivity contribution < 1.29 is 14.3 Å². The van der Waals surface area contributed by atoms with Crippen molar-refractivity contribution in [1.82, 2.24) is 0 Å². The number of nitrogens with one attached hydrogen (secondary N) is 1. The average molecular weight is 417 g/mol. The molecule has 1 amide bonds. The van der Waals surface area contributed by atoms with Crippen LogP contribution in [0.1, 0.15) is 10.4 Å². The molecule has 0 atom stereocenters. The van der Waals surface area contributed by atoms with Crippen LogP contribution in [-0.4, -0.2) is 20.1 Å². The number of fused-ring (bicyclic) bond motifs is 1. The van der Waals surface area contributed by atoms with Crippen molar-refractivity contribution in [2.24, 2.45) is 0 Å². The van der Waals surface area contributed by atoms with Crippen molar-refractivity contribution in [3.05, 3.63) is 88.6 Å². The molecule has 3 aromatic carbocycles. The molecule has 0 aliphatic rings. The van der Waals surface area contributed by atoms with E-state index in [9.17, 15) is 9.59 Å². The van der Waals surface area contributed by atoms with Gasteiger partial charge in [-0.15, -0.1) is 11.3 Å². The predicted octanol–water partition coefficient (Wildman–Crippen LogP) is 5.20. The van der Waals surface area contributed by atoms with Crippen LogP contribution in [0, 0.1) is 0 Å². The second-order valence-corrected chi connectivity index (χ2v) is 7.57. The molecular weight excluding hydrogens is 398 g/mol. The van der Waals surface area contributed by atoms with Crippen LogP contribution in [0.4, 0.5) is 5.00 Å². The highest BCUT2D eigenvalue weighted by molar-refractivity contribution is 7.22. The summed E-state index contributed by atoms with van der Waals surface area (Å²) in [6.45, 7) is 0. The van der Waals surface area contributed by atoms with E-state index in [0.29, 0.717) is 38.6 Å². The maximum Gasteiger partial charge on any atom is 0.260 e. The minimum atomic E-state index is -0.340. The summed E-state index contributed by atoms with van der Waals surface area (Å²) in [6, 6.07) is 21.6. The summed E-state index contributed by atoms with van der Waals surface area (Å²) in [5, 5.41) is 4.03. The molecule has 1 N–H and O–H groups in total. The van der Waals surface area contributed by atoms with Gasteiger partial charge >= 0.3 is 0 Å². The Balaban J connectivity index is 1.87. The standard InChI is InChI=1S/C24H19NO4S/c1-28-16-13-11-15(12-14-16)21-22(26)18-8-4-6-10-20(18)30-24(21)25-23(27)17-7-3-5-9-19(17)29-2/h3-14H,1-2H3,(H,25,27). The third kappa shape index (κ3) is 3.65. The van der Waals surface area contributed by atoms with Gasteiger partial charge in [-0.25, -0.2) is 0 Å². The molecule has 4 rings (SSSR count). The Morgan fingerprint density at radius 3 is 2.30 bits per heavy atom. The average Bonchev–Trinajstić information content (AvgIpc) is 2.79. The van der Waals surface area contributed by atoms with E-state index in [1.165, 1.54) is 18.4 Å². The molecule has 6 heteroatoms. The first-order valence-electron chi connectivity index (χ1n) is 9.27. The Bertz CT molecular complexity index is 1280. The lowest BCUT2D eigenvalue weighted by Gasteiger charge is -2.13. The van der Waals surface area contributed by atoms with E-state index in [1.54, 1.807) is 49.6 Å². The van der Waals surface area contributed by atoms with Crippen LogP contribution in [0.25, 0.3) is 21.2 Å². The Morgan fingerprint density at radius 1 is 0.867 bits per heavy atom. The number of ether oxygens (including phenoxy) is 2. The van der Waals surface area contributed by atoms with Gasteiger partial charge in [0.15, 0.2) is 5.43 Å². The number of benzene rings is 3. The van der Waals surface area contributed by atoms with Crippen molar-refractivity contribution in [3.8, 4) is 22.6 Å². The van der Waals surface area contributed by atoms with Crippen LogP contribution in [0.2, 0.25) is 0 Å². The molecule has 0 aliphatic carbocycles. The first-order chi connectivity index (χ1) is 14.6. The zero-order valence-corrected chi connectivity index (χ0v) is 17.3. The van der Waals surface area contributed by atoms with Crippen molar-refractivity contribution >= 4 is 32.3 Å². The molecule has 0 bridgehead atoms. The summed E-state index contributed by atoms with van der Waals surface area (Å²) in [5.41, 5.74) is 1.42. The molecule has 0 spiro atoms. The van der Waals surface area contributed by atoms with Gasteiger partial charge < -0.3 is 14.8 Å². The number of methoxy groups -OCH3 is 2. The van der Waals surface area contributed by atoms with E-state index in [2.05, 4.69) is 5.32 Å². The number of carbonyl (C=O) groups is 1. The minimum absolute atomic E-state index is 0.134. The second kappa shape index (κ2) is 8.39. The van der Waals surface area contributed by atoms with Crippen LogP contribution >= 0.6 is 11.3 Å². The van der Waals surface area contributed by atoms with Gasteiger partial charge in [-0.2, -0.15) is 0 Å². The van der Waals surface area contributed by atoms with Gasteiger partial charge in [0.1, 0.15) is 16.5 Å². The SMILES string of the molecule is COc1ccc(-c2c(NC(=O)c3ccccc3OC)sc3ccccc3c2=O)cc1. The van der Waals surface area contributed by atoms with E-state index in [-0.39, 0.29) is 11.3 Å². The zero-order valence-electron chi connectivity index (χ0n) is 16.5. The van der Waals surface area contributed by atoms with Gasteiger partial charge in [-0.3, -0.25) is 9.59 Å². The van der Waals surface area contributed by atoms with E-state index in [1.807, 2.05) is 30.3 Å². The number of para-hydroxylation sites is 1. The first kappa shape index (κ1) is 19.7. The predicted molar refractivity (Wildman–Crippen MR) is 121 cm³/mol. The molecule has 0 aliphatic heterocycles. The molecule has 0 saturated carbocycles. The van der Waals surface area contributed by atoms with Crippen LogP contribution < -0.4 is 20.2 Å². The molecule has 150 valence electrons. The van der Waals surface area contributed by atoms with E-state index < -0.39 is 0 Å². The van der Waals surface area contributed by atoms with Crippen molar-refractivity contribution in [3.63, 3.8) is 0 Å². The molecule has 1 heterocycles. The van der Waals surface area contributed by atoms with Crippen LogP contribution in [0.5, 0.6) is 11.5 Å². The third-order valence-corrected chi connectivity index (χ3v) is 5.84. The quantitative estimate of drug-likeness (QED) is 0.485. The lowest BCUT2D eigenvalue weighted by molar-refractivity contribution is 0.102. The Hall–Kier alpha value is -3.64.